The van der Waals surface area contributed by atoms with Crippen molar-refractivity contribution in [2.24, 2.45) is 0 Å². The molecule has 0 spiro atoms. The Morgan fingerprint density at radius 1 is 1.15 bits per heavy atom. The van der Waals surface area contributed by atoms with E-state index < -0.39 is 0 Å². The van der Waals surface area contributed by atoms with E-state index in [0.29, 0.717) is 10.0 Å². The van der Waals surface area contributed by atoms with Crippen molar-refractivity contribution in [3.63, 3.8) is 0 Å². The van der Waals surface area contributed by atoms with Gasteiger partial charge in [0.25, 0.3) is 5.91 Å². The number of hydrogen-bond donors (Lipinski definition) is 0. The third-order valence-electron chi connectivity index (χ3n) is 3.63. The Morgan fingerprint density at radius 3 is 2.77 bits per heavy atom. The van der Waals surface area contributed by atoms with Crippen molar-refractivity contribution < 1.29 is 4.79 Å². The number of rotatable bonds is 4. The van der Waals surface area contributed by atoms with Gasteiger partial charge in [0.2, 0.25) is 0 Å². The van der Waals surface area contributed by atoms with Gasteiger partial charge in [0.15, 0.2) is 5.13 Å². The fourth-order valence-electron chi connectivity index (χ4n) is 2.33. The molecule has 9 heteroatoms. The Morgan fingerprint density at radius 2 is 2.04 bits per heavy atom. The fourth-order valence-corrected chi connectivity index (χ4v) is 4.87. The molecule has 4 heterocycles. The summed E-state index contributed by atoms with van der Waals surface area (Å²) in [6.45, 7) is 1.95. The summed E-state index contributed by atoms with van der Waals surface area (Å²) in [4.78, 5) is 33.4. The highest BCUT2D eigenvalue weighted by Crippen LogP contribution is 2.36. The van der Waals surface area contributed by atoms with Crippen LogP contribution in [-0.2, 0) is 0 Å². The molecule has 4 aromatic rings. The molecule has 0 saturated heterocycles. The number of nitrogens with zero attached hydrogens (tertiary/aromatic N) is 5. The van der Waals surface area contributed by atoms with Gasteiger partial charge in [0, 0.05) is 24.8 Å². The molecule has 0 saturated carbocycles. The molecule has 0 bridgehead atoms. The third kappa shape index (κ3) is 3.16. The van der Waals surface area contributed by atoms with Crippen LogP contribution < -0.4 is 4.90 Å². The number of aromatic nitrogens is 4. The number of hydrogen-bond acceptors (Lipinski definition) is 8. The molecular weight excluding hydrogens is 386 g/mol. The van der Waals surface area contributed by atoms with E-state index in [4.69, 9.17) is 0 Å². The van der Waals surface area contributed by atoms with E-state index in [9.17, 15) is 4.79 Å². The van der Waals surface area contributed by atoms with Crippen LogP contribution in [0.4, 0.5) is 5.13 Å². The molecule has 0 radical (unpaired) electrons. The highest BCUT2D eigenvalue weighted by molar-refractivity contribution is 7.19. The number of thiazole rings is 2. The molecule has 0 aliphatic carbocycles. The lowest BCUT2D eigenvalue weighted by Gasteiger charge is -2.11. The molecule has 0 N–H and O–H groups in total. The zero-order valence-electron chi connectivity index (χ0n) is 13.9. The summed E-state index contributed by atoms with van der Waals surface area (Å²) in [5, 5.41) is 5.31. The SMILES string of the molecule is Cc1nc(-c2cnccn2)sc1-c1csc(N(C)C(=O)c2cccs2)n1. The minimum atomic E-state index is -0.0535. The maximum Gasteiger partial charge on any atom is 0.269 e. The van der Waals surface area contributed by atoms with Gasteiger partial charge in [-0.05, 0) is 18.4 Å². The average Bonchev–Trinajstić information content (AvgIpc) is 3.41. The third-order valence-corrected chi connectivity index (χ3v) is 6.60. The Balaban J connectivity index is 1.62. The van der Waals surface area contributed by atoms with E-state index >= 15 is 0 Å². The van der Waals surface area contributed by atoms with Crippen LogP contribution in [0, 0.1) is 6.92 Å². The number of anilines is 1. The van der Waals surface area contributed by atoms with E-state index in [1.165, 1.54) is 34.0 Å². The molecule has 0 aromatic carbocycles. The van der Waals surface area contributed by atoms with Crippen molar-refractivity contribution in [2.75, 3.05) is 11.9 Å². The predicted octanol–water partition coefficient (Wildman–Crippen LogP) is 4.37. The van der Waals surface area contributed by atoms with E-state index in [-0.39, 0.29) is 5.91 Å². The summed E-state index contributed by atoms with van der Waals surface area (Å²) < 4.78 is 0. The number of carbonyl (C=O) groups is 1. The maximum absolute atomic E-state index is 12.5. The molecule has 0 fully saturated rings. The number of aryl methyl sites for hydroxylation is 1. The highest BCUT2D eigenvalue weighted by Gasteiger charge is 2.20. The van der Waals surface area contributed by atoms with Crippen LogP contribution in [0.1, 0.15) is 15.4 Å². The highest BCUT2D eigenvalue weighted by atomic mass is 32.1. The first-order valence-electron chi connectivity index (χ1n) is 7.65. The molecular formula is C17H13N5OS3. The first kappa shape index (κ1) is 17.0. The zero-order chi connectivity index (χ0) is 18.1. The molecule has 0 aliphatic heterocycles. The lowest BCUT2D eigenvalue weighted by atomic mass is 10.3. The van der Waals surface area contributed by atoms with Crippen LogP contribution in [0.15, 0.2) is 41.5 Å². The first-order chi connectivity index (χ1) is 12.6. The average molecular weight is 400 g/mol. The van der Waals surface area contributed by atoms with Gasteiger partial charge in [0.05, 0.1) is 27.3 Å². The predicted molar refractivity (Wildman–Crippen MR) is 106 cm³/mol. The van der Waals surface area contributed by atoms with E-state index in [1.807, 2.05) is 29.8 Å². The Hall–Kier alpha value is -2.49. The van der Waals surface area contributed by atoms with Gasteiger partial charge in [-0.3, -0.25) is 19.7 Å². The lowest BCUT2D eigenvalue weighted by molar-refractivity contribution is 0.0997. The van der Waals surface area contributed by atoms with Crippen molar-refractivity contribution in [3.8, 4) is 21.3 Å². The van der Waals surface area contributed by atoms with E-state index in [1.54, 1.807) is 30.5 Å². The summed E-state index contributed by atoms with van der Waals surface area (Å²) in [7, 11) is 1.75. The smallest absolute Gasteiger partial charge is 0.269 e. The summed E-state index contributed by atoms with van der Waals surface area (Å²) in [6, 6.07) is 3.69. The Kier molecular flexibility index (Phi) is 4.58. The lowest BCUT2D eigenvalue weighted by Crippen LogP contribution is -2.25. The first-order valence-corrected chi connectivity index (χ1v) is 10.2. The second-order valence-corrected chi connectivity index (χ2v) is 8.16. The van der Waals surface area contributed by atoms with Gasteiger partial charge in [-0.15, -0.1) is 34.0 Å². The fraction of sp³-hybridized carbons (Fsp3) is 0.118. The van der Waals surface area contributed by atoms with Crippen LogP contribution in [0.3, 0.4) is 0 Å². The standard InChI is InChI=1S/C17H13N5OS3/c1-10-14(26-15(20-10)11-8-18-5-6-19-11)12-9-25-17(21-12)22(2)16(23)13-4-3-7-24-13/h3-9H,1-2H3. The quantitative estimate of drug-likeness (QED) is 0.509. The van der Waals surface area contributed by atoms with Crippen LogP contribution >= 0.6 is 34.0 Å². The van der Waals surface area contributed by atoms with Gasteiger partial charge >= 0.3 is 0 Å². The maximum atomic E-state index is 12.5. The summed E-state index contributed by atoms with van der Waals surface area (Å²) >= 11 is 4.39. The Labute approximate surface area is 161 Å². The zero-order valence-corrected chi connectivity index (χ0v) is 16.4. The van der Waals surface area contributed by atoms with Crippen molar-refractivity contribution in [1.29, 1.82) is 0 Å². The molecule has 4 rings (SSSR count). The normalized spacial score (nSPS) is 10.8. The van der Waals surface area contributed by atoms with Gasteiger partial charge in [0.1, 0.15) is 10.7 Å². The van der Waals surface area contributed by atoms with Crippen molar-refractivity contribution in [2.45, 2.75) is 6.92 Å². The van der Waals surface area contributed by atoms with Gasteiger partial charge in [-0.25, -0.2) is 9.97 Å². The van der Waals surface area contributed by atoms with Crippen LogP contribution in [0.25, 0.3) is 21.3 Å². The second kappa shape index (κ2) is 7.02. The molecule has 4 aromatic heterocycles. The molecule has 1 amide bonds. The van der Waals surface area contributed by atoms with Crippen LogP contribution in [0.2, 0.25) is 0 Å². The van der Waals surface area contributed by atoms with Gasteiger partial charge in [-0.2, -0.15) is 0 Å². The van der Waals surface area contributed by atoms with Crippen molar-refractivity contribution in [1.82, 2.24) is 19.9 Å². The van der Waals surface area contributed by atoms with E-state index in [2.05, 4.69) is 19.9 Å². The molecule has 6 nitrogen and oxygen atoms in total. The minimum absolute atomic E-state index is 0.0535. The van der Waals surface area contributed by atoms with Crippen molar-refractivity contribution >= 4 is 45.0 Å². The summed E-state index contributed by atoms with van der Waals surface area (Å²) in [5.74, 6) is -0.0535. The molecule has 0 aliphatic rings. The van der Waals surface area contributed by atoms with Crippen molar-refractivity contribution in [3.05, 3.63) is 52.1 Å². The van der Waals surface area contributed by atoms with E-state index in [0.717, 1.165) is 27.0 Å². The monoisotopic (exact) mass is 399 g/mol. The Bertz CT molecular complexity index is 1040. The largest absolute Gasteiger partial charge is 0.286 e. The van der Waals surface area contributed by atoms with Crippen LogP contribution in [-0.4, -0.2) is 32.9 Å². The molecule has 0 atom stereocenters. The number of thiophene rings is 1. The molecule has 26 heavy (non-hydrogen) atoms. The number of carbonyl (C=O) groups excluding carboxylic acids is 1. The minimum Gasteiger partial charge on any atom is -0.286 e. The van der Waals surface area contributed by atoms with Gasteiger partial charge in [-0.1, -0.05) is 6.07 Å². The second-order valence-electron chi connectivity index (χ2n) is 5.38. The number of amides is 1. The van der Waals surface area contributed by atoms with Crippen LogP contribution in [0.5, 0.6) is 0 Å². The summed E-state index contributed by atoms with van der Waals surface area (Å²) in [6.07, 6.45) is 4.98. The summed E-state index contributed by atoms with van der Waals surface area (Å²) in [5.41, 5.74) is 2.45. The molecule has 130 valence electrons. The topological polar surface area (TPSA) is 71.9 Å². The van der Waals surface area contributed by atoms with Gasteiger partial charge < -0.3 is 0 Å². The molecule has 0 unspecified atom stereocenters.